The summed E-state index contributed by atoms with van der Waals surface area (Å²) in [5.41, 5.74) is 0. The van der Waals surface area contributed by atoms with Gasteiger partial charge in [-0.05, 0) is 18.3 Å². The van der Waals surface area contributed by atoms with Gasteiger partial charge in [-0.25, -0.2) is 0 Å². The summed E-state index contributed by atoms with van der Waals surface area (Å²) in [7, 11) is 0. The molecule has 0 heterocycles. The van der Waals surface area contributed by atoms with E-state index in [1.807, 2.05) is 0 Å². The predicted octanol–water partition coefficient (Wildman–Crippen LogP) is 4.60. The maximum atomic E-state index is 2.32. The molecule has 0 heteroatoms. The first-order valence-corrected chi connectivity index (χ1v) is 5.55. The van der Waals surface area contributed by atoms with Gasteiger partial charge in [-0.2, -0.15) is 0 Å². The lowest BCUT2D eigenvalue weighted by Crippen LogP contribution is -2.03. The summed E-state index contributed by atoms with van der Waals surface area (Å²) in [6, 6.07) is 0. The Bertz CT molecular complexity index is 86.0. The van der Waals surface area contributed by atoms with Crippen molar-refractivity contribution >= 4 is 0 Å². The van der Waals surface area contributed by atoms with Gasteiger partial charge in [0, 0.05) is 0 Å². The highest BCUT2D eigenvalue weighted by molar-refractivity contribution is 4.84. The minimum atomic E-state index is 0.963. The van der Waals surface area contributed by atoms with Gasteiger partial charge in [-0.15, -0.1) is 0 Å². The highest BCUT2D eigenvalue weighted by Gasteiger charge is 2.09. The third-order valence-corrected chi connectivity index (χ3v) is 2.78. The highest BCUT2D eigenvalue weighted by Crippen LogP contribution is 2.23. The molecule has 73 valence electrons. The van der Waals surface area contributed by atoms with Crippen molar-refractivity contribution in [1.82, 2.24) is 0 Å². The van der Waals surface area contributed by atoms with Crippen LogP contribution < -0.4 is 0 Å². The highest BCUT2D eigenvalue weighted by atomic mass is 14.1. The van der Waals surface area contributed by atoms with Crippen molar-refractivity contribution in [3.63, 3.8) is 0 Å². The van der Waals surface area contributed by atoms with Gasteiger partial charge in [0.1, 0.15) is 0 Å². The molecule has 0 aromatic rings. The normalized spacial score (nSPS) is 13.8. The van der Waals surface area contributed by atoms with Gasteiger partial charge >= 0.3 is 0 Å². The van der Waals surface area contributed by atoms with E-state index in [0.717, 1.165) is 5.92 Å². The van der Waals surface area contributed by atoms with Crippen LogP contribution in [0.5, 0.6) is 0 Å². The Labute approximate surface area is 78.8 Å². The molecule has 0 aliphatic heterocycles. The van der Waals surface area contributed by atoms with E-state index in [1.165, 1.54) is 38.5 Å². The Balaban J connectivity index is 3.51. The molecule has 1 unspecified atom stereocenters. The summed E-state index contributed by atoms with van der Waals surface area (Å²) >= 11 is 0. The van der Waals surface area contributed by atoms with Gasteiger partial charge in [0.2, 0.25) is 0 Å². The average molecular weight is 169 g/mol. The minimum Gasteiger partial charge on any atom is -0.0654 e. The van der Waals surface area contributed by atoms with Gasteiger partial charge in [-0.1, -0.05) is 59.8 Å². The molecule has 0 aromatic heterocycles. The van der Waals surface area contributed by atoms with E-state index in [4.69, 9.17) is 0 Å². The zero-order valence-electron chi connectivity index (χ0n) is 9.32. The van der Waals surface area contributed by atoms with Crippen LogP contribution in [0.1, 0.15) is 66.2 Å². The molecule has 0 spiro atoms. The number of unbranched alkanes of at least 4 members (excludes halogenated alkanes) is 1. The van der Waals surface area contributed by atoms with Crippen LogP contribution in [0.15, 0.2) is 0 Å². The van der Waals surface area contributed by atoms with E-state index in [-0.39, 0.29) is 0 Å². The lowest BCUT2D eigenvalue weighted by atomic mass is 9.88. The predicted molar refractivity (Wildman–Crippen MR) is 57.1 cm³/mol. The lowest BCUT2D eigenvalue weighted by molar-refractivity contribution is 0.424. The van der Waals surface area contributed by atoms with E-state index in [1.54, 1.807) is 5.92 Å². The third kappa shape index (κ3) is 5.62. The first-order valence-electron chi connectivity index (χ1n) is 5.55. The Hall–Kier alpha value is 0. The molecule has 0 aromatic carbocycles. The largest absolute Gasteiger partial charge is 0.0654 e. The number of hydrogen-bond donors (Lipinski definition) is 0. The monoisotopic (exact) mass is 169 g/mol. The van der Waals surface area contributed by atoms with E-state index in [2.05, 4.69) is 27.7 Å². The molecular weight excluding hydrogens is 144 g/mol. The summed E-state index contributed by atoms with van der Waals surface area (Å²) < 4.78 is 0. The second kappa shape index (κ2) is 7.64. The van der Waals surface area contributed by atoms with Crippen LogP contribution in [0.4, 0.5) is 0 Å². The van der Waals surface area contributed by atoms with Crippen molar-refractivity contribution in [3.05, 3.63) is 5.92 Å². The van der Waals surface area contributed by atoms with Crippen molar-refractivity contribution in [3.8, 4) is 0 Å². The average Bonchev–Trinajstić information content (AvgIpc) is 2.11. The quantitative estimate of drug-likeness (QED) is 0.522. The van der Waals surface area contributed by atoms with Gasteiger partial charge in [-0.3, -0.25) is 0 Å². The molecule has 12 heavy (non-hydrogen) atoms. The maximum Gasteiger partial charge on any atom is -0.0272 e. The van der Waals surface area contributed by atoms with E-state index < -0.39 is 0 Å². The number of hydrogen-bond acceptors (Lipinski definition) is 0. The van der Waals surface area contributed by atoms with Crippen LogP contribution in [0.2, 0.25) is 0 Å². The van der Waals surface area contributed by atoms with Crippen molar-refractivity contribution in [2.45, 2.75) is 66.2 Å². The molecule has 0 rings (SSSR count). The fourth-order valence-electron chi connectivity index (χ4n) is 1.58. The SMILES string of the molecule is CCCCC(CC)C[C](C)CC. The molecule has 0 fully saturated rings. The molecule has 0 nitrogen and oxygen atoms in total. The summed E-state index contributed by atoms with van der Waals surface area (Å²) in [6.07, 6.45) is 8.19. The van der Waals surface area contributed by atoms with Crippen LogP contribution in [0.3, 0.4) is 0 Å². The molecule has 0 aliphatic rings. The van der Waals surface area contributed by atoms with Crippen LogP contribution in [-0.4, -0.2) is 0 Å². The standard InChI is InChI=1S/C12H25/c1-5-8-9-12(7-3)10-11(4)6-2/h12H,5-10H2,1-4H3. The Morgan fingerprint density at radius 3 is 2.25 bits per heavy atom. The summed E-state index contributed by atoms with van der Waals surface area (Å²) in [5, 5.41) is 0. The summed E-state index contributed by atoms with van der Waals surface area (Å²) in [6.45, 7) is 9.17. The molecule has 0 aliphatic carbocycles. The second-order valence-electron chi connectivity index (χ2n) is 3.93. The topological polar surface area (TPSA) is 0 Å². The van der Waals surface area contributed by atoms with E-state index >= 15 is 0 Å². The maximum absolute atomic E-state index is 2.32. The fraction of sp³-hybridized carbons (Fsp3) is 0.917. The fourth-order valence-corrected chi connectivity index (χ4v) is 1.58. The minimum absolute atomic E-state index is 0.963. The Kier molecular flexibility index (Phi) is 7.64. The summed E-state index contributed by atoms with van der Waals surface area (Å²) in [4.78, 5) is 0. The first kappa shape index (κ1) is 12.0. The zero-order valence-corrected chi connectivity index (χ0v) is 9.32. The molecule has 0 bridgehead atoms. The smallest absolute Gasteiger partial charge is 0.0272 e. The number of rotatable bonds is 7. The van der Waals surface area contributed by atoms with E-state index in [9.17, 15) is 0 Å². The van der Waals surface area contributed by atoms with Gasteiger partial charge < -0.3 is 0 Å². The van der Waals surface area contributed by atoms with E-state index in [0.29, 0.717) is 0 Å². The van der Waals surface area contributed by atoms with Crippen LogP contribution in [-0.2, 0) is 0 Å². The second-order valence-corrected chi connectivity index (χ2v) is 3.93. The molecule has 0 saturated heterocycles. The Morgan fingerprint density at radius 1 is 1.17 bits per heavy atom. The molecule has 0 N–H and O–H groups in total. The van der Waals surface area contributed by atoms with Gasteiger partial charge in [0.25, 0.3) is 0 Å². The molecule has 0 saturated carbocycles. The lowest BCUT2D eigenvalue weighted by Gasteiger charge is -2.17. The van der Waals surface area contributed by atoms with Crippen LogP contribution in [0.25, 0.3) is 0 Å². The van der Waals surface area contributed by atoms with Crippen molar-refractivity contribution in [2.75, 3.05) is 0 Å². The summed E-state index contributed by atoms with van der Waals surface area (Å²) in [5.74, 6) is 2.64. The van der Waals surface area contributed by atoms with Crippen molar-refractivity contribution < 1.29 is 0 Å². The third-order valence-electron chi connectivity index (χ3n) is 2.78. The molecule has 0 amide bonds. The van der Waals surface area contributed by atoms with Crippen LogP contribution in [0, 0.1) is 11.8 Å². The van der Waals surface area contributed by atoms with Crippen molar-refractivity contribution in [2.24, 2.45) is 5.92 Å². The molecule has 1 radical (unpaired) electrons. The van der Waals surface area contributed by atoms with Gasteiger partial charge in [0.05, 0.1) is 0 Å². The molecular formula is C12H25. The first-order chi connectivity index (χ1) is 5.74. The van der Waals surface area contributed by atoms with Crippen LogP contribution >= 0.6 is 0 Å². The van der Waals surface area contributed by atoms with Gasteiger partial charge in [0.15, 0.2) is 0 Å². The zero-order chi connectivity index (χ0) is 9.40. The van der Waals surface area contributed by atoms with Crippen molar-refractivity contribution in [1.29, 1.82) is 0 Å². The Morgan fingerprint density at radius 2 is 1.83 bits per heavy atom. The molecule has 1 atom stereocenters.